The molecule has 8 nitrogen and oxygen atoms in total. The van der Waals surface area contributed by atoms with Gasteiger partial charge in [0.05, 0.1) is 29.5 Å². The number of pyridine rings is 1. The Morgan fingerprint density at radius 3 is 2.97 bits per heavy atom. The lowest BCUT2D eigenvalue weighted by atomic mass is 10.1. The topological polar surface area (TPSA) is 96.7 Å². The summed E-state index contributed by atoms with van der Waals surface area (Å²) in [5, 5.41) is 11.2. The highest BCUT2D eigenvalue weighted by Gasteiger charge is 2.14. The number of H-pyrrole nitrogens is 1. The van der Waals surface area contributed by atoms with Gasteiger partial charge in [0.2, 0.25) is 0 Å². The predicted octanol–water partition coefficient (Wildman–Crippen LogP) is 3.92. The molecule has 0 aliphatic rings. The van der Waals surface area contributed by atoms with E-state index in [0.29, 0.717) is 12.2 Å². The molecule has 9 heteroatoms. The summed E-state index contributed by atoms with van der Waals surface area (Å²) in [6, 6.07) is 6.06. The number of aromatic amines is 1. The summed E-state index contributed by atoms with van der Waals surface area (Å²) in [7, 11) is 0. The van der Waals surface area contributed by atoms with Crippen molar-refractivity contribution < 1.29 is 0 Å². The Hall–Kier alpha value is -3.59. The highest BCUT2D eigenvalue weighted by Crippen LogP contribution is 2.27. The van der Waals surface area contributed by atoms with Crippen molar-refractivity contribution >= 4 is 28.0 Å². The molecule has 0 amide bonds. The lowest BCUT2D eigenvalue weighted by molar-refractivity contribution is 1.02. The van der Waals surface area contributed by atoms with E-state index in [9.17, 15) is 0 Å². The molecule has 5 rings (SSSR count). The molecule has 5 heterocycles. The molecular weight excluding hydrogens is 384 g/mol. The molecule has 0 radical (unpaired) electrons. The summed E-state index contributed by atoms with van der Waals surface area (Å²) >= 11 is 1.41. The fourth-order valence-corrected chi connectivity index (χ4v) is 3.91. The first-order chi connectivity index (χ1) is 14.2. The second-order valence-corrected chi connectivity index (χ2v) is 7.61. The van der Waals surface area contributed by atoms with Gasteiger partial charge in [-0.25, -0.2) is 9.97 Å². The first kappa shape index (κ1) is 17.5. The normalized spacial score (nSPS) is 11.2. The predicted molar refractivity (Wildman–Crippen MR) is 112 cm³/mol. The first-order valence-electron chi connectivity index (χ1n) is 9.14. The van der Waals surface area contributed by atoms with Crippen LogP contribution in [-0.4, -0.2) is 33.9 Å². The van der Waals surface area contributed by atoms with Gasteiger partial charge in [-0.05, 0) is 43.1 Å². The largest absolute Gasteiger partial charge is 0.328 e. The van der Waals surface area contributed by atoms with Gasteiger partial charge in [-0.1, -0.05) is 6.07 Å². The minimum atomic E-state index is 0.698. The number of nitrogens with one attached hydrogen (secondary N) is 2. The average Bonchev–Trinajstić information content (AvgIpc) is 3.44. The molecule has 0 aromatic carbocycles. The number of aromatic nitrogens is 7. The maximum atomic E-state index is 4.65. The molecule has 0 aliphatic carbocycles. The molecule has 2 N–H and O–H groups in total. The fourth-order valence-electron chi connectivity index (χ4n) is 3.24. The second kappa shape index (κ2) is 7.10. The summed E-state index contributed by atoms with van der Waals surface area (Å²) in [4.78, 5) is 13.7. The Bertz CT molecular complexity index is 1290. The molecule has 0 saturated heterocycles. The Kier molecular flexibility index (Phi) is 4.28. The van der Waals surface area contributed by atoms with Crippen LogP contribution in [0.1, 0.15) is 22.6 Å². The van der Waals surface area contributed by atoms with Crippen LogP contribution in [0.25, 0.3) is 16.9 Å². The molecule has 0 unspecified atom stereocenters. The second-order valence-electron chi connectivity index (χ2n) is 6.81. The van der Waals surface area contributed by atoms with Crippen LogP contribution in [0.3, 0.4) is 0 Å². The van der Waals surface area contributed by atoms with Gasteiger partial charge in [-0.2, -0.15) is 9.47 Å². The van der Waals surface area contributed by atoms with Crippen LogP contribution in [0, 0.1) is 13.8 Å². The van der Waals surface area contributed by atoms with Crippen molar-refractivity contribution in [1.29, 1.82) is 0 Å². The Morgan fingerprint density at radius 1 is 1.21 bits per heavy atom. The van der Waals surface area contributed by atoms with E-state index >= 15 is 0 Å². The van der Waals surface area contributed by atoms with Crippen LogP contribution in [0.2, 0.25) is 0 Å². The number of rotatable bonds is 5. The summed E-state index contributed by atoms with van der Waals surface area (Å²) < 4.78 is 6.59. The molecule has 0 fully saturated rings. The van der Waals surface area contributed by atoms with Crippen LogP contribution in [0.4, 0.5) is 10.8 Å². The average molecular weight is 402 g/mol. The minimum Gasteiger partial charge on any atom is -0.328 e. The summed E-state index contributed by atoms with van der Waals surface area (Å²) in [6.45, 7) is 4.03. The van der Waals surface area contributed by atoms with Crippen molar-refractivity contribution in [3.05, 3.63) is 71.8 Å². The highest BCUT2D eigenvalue weighted by atomic mass is 32.1. The number of hydrogen-bond donors (Lipinski definition) is 2. The molecular formula is C20H18N8S. The van der Waals surface area contributed by atoms with Gasteiger partial charge in [0.1, 0.15) is 5.00 Å². The van der Waals surface area contributed by atoms with Crippen molar-refractivity contribution in [1.82, 2.24) is 33.9 Å². The SMILES string of the molecule is Cc1cn2c(-c3cn[nH]c3)cnc2c(Nc2cc(Cc3ncccc3C)ns2)n1. The van der Waals surface area contributed by atoms with Gasteiger partial charge in [0.25, 0.3) is 0 Å². The first-order valence-corrected chi connectivity index (χ1v) is 9.91. The quantitative estimate of drug-likeness (QED) is 0.462. The third-order valence-corrected chi connectivity index (χ3v) is 5.42. The number of imidazole rings is 1. The van der Waals surface area contributed by atoms with Gasteiger partial charge in [0.15, 0.2) is 11.5 Å². The van der Waals surface area contributed by atoms with E-state index in [-0.39, 0.29) is 0 Å². The van der Waals surface area contributed by atoms with E-state index in [1.165, 1.54) is 17.1 Å². The number of aryl methyl sites for hydroxylation is 2. The lowest BCUT2D eigenvalue weighted by Gasteiger charge is -2.07. The minimum absolute atomic E-state index is 0.698. The van der Waals surface area contributed by atoms with Crippen LogP contribution >= 0.6 is 11.5 Å². The van der Waals surface area contributed by atoms with Gasteiger partial charge in [-0.15, -0.1) is 0 Å². The van der Waals surface area contributed by atoms with Crippen molar-refractivity contribution in [2.45, 2.75) is 20.3 Å². The zero-order valence-corrected chi connectivity index (χ0v) is 16.7. The summed E-state index contributed by atoms with van der Waals surface area (Å²) in [6.07, 6.45) is 9.95. The zero-order valence-electron chi connectivity index (χ0n) is 15.9. The van der Waals surface area contributed by atoms with Crippen molar-refractivity contribution in [2.75, 3.05) is 5.32 Å². The fraction of sp³-hybridized carbons (Fsp3) is 0.150. The van der Waals surface area contributed by atoms with Gasteiger partial charge < -0.3 is 5.32 Å². The molecule has 0 atom stereocenters. The van der Waals surface area contributed by atoms with Gasteiger partial charge in [-0.3, -0.25) is 14.5 Å². The Morgan fingerprint density at radius 2 is 2.14 bits per heavy atom. The molecule has 144 valence electrons. The number of nitrogens with zero attached hydrogens (tertiary/aromatic N) is 6. The van der Waals surface area contributed by atoms with Crippen LogP contribution in [0.5, 0.6) is 0 Å². The smallest absolute Gasteiger partial charge is 0.180 e. The van der Waals surface area contributed by atoms with E-state index in [0.717, 1.165) is 39.0 Å². The van der Waals surface area contributed by atoms with Crippen molar-refractivity contribution in [2.24, 2.45) is 0 Å². The molecule has 5 aromatic heterocycles. The summed E-state index contributed by atoms with van der Waals surface area (Å²) in [5.41, 5.74) is 6.75. The van der Waals surface area contributed by atoms with Crippen LogP contribution in [-0.2, 0) is 6.42 Å². The van der Waals surface area contributed by atoms with Crippen molar-refractivity contribution in [3.63, 3.8) is 0 Å². The zero-order chi connectivity index (χ0) is 19.8. The van der Waals surface area contributed by atoms with E-state index in [1.54, 1.807) is 6.20 Å². The highest BCUT2D eigenvalue weighted by molar-refractivity contribution is 7.10. The number of hydrogen-bond acceptors (Lipinski definition) is 7. The summed E-state index contributed by atoms with van der Waals surface area (Å²) in [5.74, 6) is 0.698. The van der Waals surface area contributed by atoms with Crippen LogP contribution < -0.4 is 5.32 Å². The van der Waals surface area contributed by atoms with E-state index in [2.05, 4.69) is 47.8 Å². The molecule has 0 spiro atoms. The molecule has 0 aliphatic heterocycles. The number of fused-ring (bicyclic) bond motifs is 1. The van der Waals surface area contributed by atoms with Crippen LogP contribution in [0.15, 0.2) is 49.2 Å². The monoisotopic (exact) mass is 402 g/mol. The van der Waals surface area contributed by atoms with E-state index in [1.807, 2.05) is 48.2 Å². The maximum Gasteiger partial charge on any atom is 0.180 e. The van der Waals surface area contributed by atoms with E-state index < -0.39 is 0 Å². The third kappa shape index (κ3) is 3.36. The maximum absolute atomic E-state index is 4.65. The molecule has 0 saturated carbocycles. The molecule has 29 heavy (non-hydrogen) atoms. The molecule has 0 bridgehead atoms. The number of anilines is 2. The van der Waals surface area contributed by atoms with Gasteiger partial charge in [0, 0.05) is 36.3 Å². The Balaban J connectivity index is 1.45. The third-order valence-electron chi connectivity index (χ3n) is 4.67. The lowest BCUT2D eigenvalue weighted by Crippen LogP contribution is -2.00. The standard InChI is InChI=1S/C20H18N8S/c1-12-4-3-5-21-16(12)6-15-7-18(29-27-15)26-19-20-22-10-17(14-8-23-24-9-14)28(20)11-13(2)25-19/h3-5,7-11H,6H2,1-2H3,(H,23,24)(H,25,26). The van der Waals surface area contributed by atoms with Crippen molar-refractivity contribution in [3.8, 4) is 11.3 Å². The van der Waals surface area contributed by atoms with E-state index in [4.69, 9.17) is 0 Å². The molecule has 5 aromatic rings. The Labute approximate surface area is 170 Å². The van der Waals surface area contributed by atoms with Gasteiger partial charge >= 0.3 is 0 Å².